The molecule has 14 heteroatoms. The molecule has 3 heterocycles. The lowest BCUT2D eigenvalue weighted by Gasteiger charge is -2.47. The van der Waals surface area contributed by atoms with E-state index < -0.39 is 23.9 Å². The molecule has 1 fully saturated rings. The number of aliphatic carboxylic acids is 1. The molecule has 0 saturated carbocycles. The van der Waals surface area contributed by atoms with Gasteiger partial charge in [0.15, 0.2) is 6.29 Å². The van der Waals surface area contributed by atoms with E-state index in [0.717, 1.165) is 46.9 Å². The Morgan fingerprint density at radius 1 is 1.26 bits per heavy atom. The molecule has 1 aliphatic carbocycles. The van der Waals surface area contributed by atoms with E-state index in [-0.39, 0.29) is 34.9 Å². The summed E-state index contributed by atoms with van der Waals surface area (Å²) in [4.78, 5) is 59.0. The van der Waals surface area contributed by atoms with Gasteiger partial charge in [-0.05, 0) is 48.2 Å². The first-order valence-electron chi connectivity index (χ1n) is 12.9. The Kier molecular flexibility index (Phi) is 8.00. The first-order valence-corrected chi connectivity index (χ1v) is 13.9. The fourth-order valence-corrected chi connectivity index (χ4v) is 6.50. The monoisotopic (exact) mass is 594 g/mol. The normalized spacial score (nSPS) is 18.5. The highest BCUT2D eigenvalue weighted by Crippen LogP contribution is 2.40. The van der Waals surface area contributed by atoms with E-state index in [4.69, 9.17) is 20.3 Å². The van der Waals surface area contributed by atoms with Gasteiger partial charge in [0.1, 0.15) is 36.1 Å². The number of amides is 1. The number of carboxylic acids is 1. The minimum absolute atomic E-state index is 0.0418. The Balaban J connectivity index is 0.000000176. The number of ether oxygens (including phenoxy) is 2. The second-order valence-corrected chi connectivity index (χ2v) is 10.8. The van der Waals surface area contributed by atoms with Gasteiger partial charge in [-0.25, -0.2) is 4.79 Å². The summed E-state index contributed by atoms with van der Waals surface area (Å²) in [7, 11) is 0. The third kappa shape index (κ3) is 5.33. The van der Waals surface area contributed by atoms with Crippen LogP contribution in [0.25, 0.3) is 22.2 Å². The largest absolute Gasteiger partial charge is 0.486 e. The van der Waals surface area contributed by atoms with E-state index in [1.807, 2.05) is 24.3 Å². The highest BCUT2D eigenvalue weighted by Gasteiger charge is 2.51. The fourth-order valence-electron chi connectivity index (χ4n) is 5.23. The second kappa shape index (κ2) is 11.7. The maximum Gasteiger partial charge on any atom is 0.352 e. The molecule has 3 aliphatic rings. The van der Waals surface area contributed by atoms with Crippen molar-refractivity contribution in [2.75, 3.05) is 19.0 Å². The number of fused-ring (bicyclic) bond motifs is 6. The molecule has 1 saturated heterocycles. The van der Waals surface area contributed by atoms with E-state index >= 15 is 0 Å². The molecule has 3 aromatic rings. The number of hydrogen-bond acceptors (Lipinski definition) is 10. The van der Waals surface area contributed by atoms with Crippen molar-refractivity contribution in [3.63, 3.8) is 0 Å². The number of benzene rings is 2. The molecule has 0 radical (unpaired) electrons. The van der Waals surface area contributed by atoms with Crippen LogP contribution >= 0.6 is 11.8 Å². The van der Waals surface area contributed by atoms with Crippen LogP contribution in [0.2, 0.25) is 0 Å². The number of thioether (sulfide) groups is 1. The number of non-ortho nitro benzene ring substituents is 1. The number of nitrogens with zero attached hydrogens (tertiary/aromatic N) is 2. The number of nitrogens with one attached hydrogen (secondary N) is 1. The Hall–Kier alpha value is -4.69. The summed E-state index contributed by atoms with van der Waals surface area (Å²) in [5, 5.41) is 20.8. The lowest BCUT2D eigenvalue weighted by atomic mass is 9.89. The Morgan fingerprint density at radius 2 is 2.05 bits per heavy atom. The Labute approximate surface area is 242 Å². The highest BCUT2D eigenvalue weighted by molar-refractivity contribution is 8.00. The van der Waals surface area contributed by atoms with Crippen molar-refractivity contribution < 1.29 is 38.7 Å². The molecule has 2 unspecified atom stereocenters. The first-order chi connectivity index (χ1) is 20.1. The number of hydrogen-bond donors (Lipinski definition) is 3. The number of nitrogens with two attached hydrogens (primary N) is 1. The maximum atomic E-state index is 11.6. The topological polar surface area (TPSA) is 195 Å². The molecule has 0 bridgehead atoms. The van der Waals surface area contributed by atoms with Gasteiger partial charge in [0.05, 0.1) is 10.4 Å². The molecule has 2 aromatic carbocycles. The summed E-state index contributed by atoms with van der Waals surface area (Å²) >= 11 is 1.37. The van der Waals surface area contributed by atoms with E-state index in [0.29, 0.717) is 17.1 Å². The molecule has 13 nitrogen and oxygen atoms in total. The zero-order chi connectivity index (χ0) is 30.1. The molecule has 218 valence electrons. The minimum Gasteiger partial charge on any atom is -0.486 e. The smallest absolute Gasteiger partial charge is 0.352 e. The van der Waals surface area contributed by atoms with Crippen molar-refractivity contribution in [3.05, 3.63) is 68.9 Å². The van der Waals surface area contributed by atoms with Crippen LogP contribution in [0.15, 0.2) is 47.7 Å². The number of aromatic amines is 1. The van der Waals surface area contributed by atoms with Gasteiger partial charge in [-0.3, -0.25) is 29.4 Å². The molecule has 4 N–H and O–H groups in total. The van der Waals surface area contributed by atoms with E-state index in [2.05, 4.69) is 4.98 Å². The average molecular weight is 595 g/mol. The molecule has 2 atom stereocenters. The number of carboxylic acid groups (broad SMARTS) is 1. The molecule has 0 spiro atoms. The zero-order valence-corrected chi connectivity index (χ0v) is 23.1. The summed E-state index contributed by atoms with van der Waals surface area (Å²) in [6, 6.07) is 10.0. The van der Waals surface area contributed by atoms with Gasteiger partial charge in [0, 0.05) is 47.0 Å². The molecular weight excluding hydrogens is 568 g/mol. The van der Waals surface area contributed by atoms with Gasteiger partial charge in [-0.1, -0.05) is 0 Å². The molecule has 6 rings (SSSR count). The van der Waals surface area contributed by atoms with Crippen LogP contribution in [-0.2, 0) is 36.8 Å². The van der Waals surface area contributed by atoms with E-state index in [1.54, 1.807) is 12.1 Å². The molecule has 1 amide bonds. The lowest BCUT2D eigenvalue weighted by Crippen LogP contribution is -2.68. The number of carbonyl (C=O) groups is 4. The zero-order valence-electron chi connectivity index (χ0n) is 22.3. The summed E-state index contributed by atoms with van der Waals surface area (Å²) in [5.74, 6) is -1.05. The maximum absolute atomic E-state index is 11.6. The number of carbonyl (C=O) groups excluding carboxylic acids is 3. The predicted octanol–water partition coefficient (Wildman–Crippen LogP) is 2.55. The van der Waals surface area contributed by atoms with E-state index in [1.165, 1.54) is 29.1 Å². The number of nitro groups is 1. The van der Waals surface area contributed by atoms with Gasteiger partial charge in [-0.15, -0.1) is 11.8 Å². The SMILES string of the molecule is CC(=O)OCC1=C(C(=O)O)N2C(=O)C(N)C2SC1.O=CCOc1ccc2c(c1)CCc1c-2[nH]c2cc([N+](=O)[O-])ccc12. The van der Waals surface area contributed by atoms with Gasteiger partial charge >= 0.3 is 11.9 Å². The van der Waals surface area contributed by atoms with Gasteiger partial charge in [0.2, 0.25) is 5.91 Å². The van der Waals surface area contributed by atoms with Crippen LogP contribution in [-0.4, -0.2) is 74.4 Å². The van der Waals surface area contributed by atoms with Crippen LogP contribution in [0, 0.1) is 10.1 Å². The first kappa shape index (κ1) is 28.8. The van der Waals surface area contributed by atoms with Gasteiger partial charge in [0.25, 0.3) is 5.69 Å². The average Bonchev–Trinajstić information content (AvgIpc) is 3.36. The van der Waals surface area contributed by atoms with Crippen molar-refractivity contribution in [1.29, 1.82) is 0 Å². The van der Waals surface area contributed by atoms with Gasteiger partial charge in [-0.2, -0.15) is 0 Å². The van der Waals surface area contributed by atoms with Crippen LogP contribution < -0.4 is 10.5 Å². The lowest BCUT2D eigenvalue weighted by molar-refractivity contribution is -0.384. The third-order valence-corrected chi connectivity index (χ3v) is 8.51. The minimum atomic E-state index is -1.21. The van der Waals surface area contributed by atoms with Crippen molar-refractivity contribution in [1.82, 2.24) is 9.88 Å². The summed E-state index contributed by atoms with van der Waals surface area (Å²) < 4.78 is 10.1. The highest BCUT2D eigenvalue weighted by atomic mass is 32.2. The van der Waals surface area contributed by atoms with Gasteiger partial charge < -0.3 is 25.3 Å². The summed E-state index contributed by atoms with van der Waals surface area (Å²) in [6.45, 7) is 1.17. The number of β-lactam (4-membered cyclic amide) rings is 1. The quantitative estimate of drug-likeness (QED) is 0.120. The summed E-state index contributed by atoms with van der Waals surface area (Å²) in [5.41, 5.74) is 11.2. The van der Waals surface area contributed by atoms with Crippen LogP contribution in [0.4, 0.5) is 5.69 Å². The van der Waals surface area contributed by atoms with Crippen molar-refractivity contribution in [2.24, 2.45) is 5.73 Å². The third-order valence-electron chi connectivity index (χ3n) is 7.15. The molecular formula is C28H26N4O9S. The number of nitro benzene ring substituents is 1. The van der Waals surface area contributed by atoms with E-state index in [9.17, 15) is 29.3 Å². The number of rotatable bonds is 7. The molecule has 1 aromatic heterocycles. The van der Waals surface area contributed by atoms with Crippen molar-refractivity contribution in [3.8, 4) is 17.0 Å². The fraction of sp³-hybridized carbons (Fsp3) is 0.286. The standard InChI is InChI=1S/C18H14N2O4.C10H12N2O5S/c21-7-8-24-13-3-6-14-11(9-13)1-4-16-15-5-2-12(20(22)23)10-17(15)19-18(14)16;1-4(13)17-2-5-3-18-9-6(11)8(14)12(9)7(5)10(15)16/h2-3,5-7,9-10,19H,1,4,8H2;6,9H,2-3,11H2,1H3,(H,15,16). The predicted molar refractivity (Wildman–Crippen MR) is 152 cm³/mol. The molecule has 2 aliphatic heterocycles. The van der Waals surface area contributed by atoms with Crippen molar-refractivity contribution in [2.45, 2.75) is 31.2 Å². The number of aromatic nitrogens is 1. The van der Waals surface area contributed by atoms with Crippen LogP contribution in [0.1, 0.15) is 18.1 Å². The second-order valence-electron chi connectivity index (χ2n) is 9.74. The summed E-state index contributed by atoms with van der Waals surface area (Å²) in [6.07, 6.45) is 2.45. The van der Waals surface area contributed by atoms with Crippen LogP contribution in [0.3, 0.4) is 0 Å². The Bertz CT molecular complexity index is 1660. The number of H-pyrrole nitrogens is 1. The number of esters is 1. The molecule has 42 heavy (non-hydrogen) atoms. The van der Waals surface area contributed by atoms with Crippen LogP contribution in [0.5, 0.6) is 5.75 Å². The van der Waals surface area contributed by atoms with Crippen molar-refractivity contribution >= 4 is 52.5 Å². The number of aldehydes is 1. The number of aryl methyl sites for hydroxylation is 2. The Morgan fingerprint density at radius 3 is 2.74 bits per heavy atom.